The number of cyclic esters (lactones) is 1. The zero-order chi connectivity index (χ0) is 23.7. The Balaban J connectivity index is 1.37. The van der Waals surface area contributed by atoms with Crippen molar-refractivity contribution in [3.8, 4) is 5.75 Å². The van der Waals surface area contributed by atoms with Crippen molar-refractivity contribution in [2.24, 2.45) is 0 Å². The number of aryl methyl sites for hydroxylation is 2. The second-order valence-corrected chi connectivity index (χ2v) is 9.08. The van der Waals surface area contributed by atoms with Gasteiger partial charge in [-0.15, -0.1) is 10.2 Å². The third-order valence-electron chi connectivity index (χ3n) is 6.74. The molecular formula is C26H30N4O4. The van der Waals surface area contributed by atoms with Crippen molar-refractivity contribution < 1.29 is 18.7 Å². The van der Waals surface area contributed by atoms with Gasteiger partial charge in [0.05, 0.1) is 7.11 Å². The van der Waals surface area contributed by atoms with Gasteiger partial charge in [0, 0.05) is 25.1 Å². The number of hydrogen-bond acceptors (Lipinski definition) is 7. The van der Waals surface area contributed by atoms with Crippen molar-refractivity contribution in [1.29, 1.82) is 0 Å². The van der Waals surface area contributed by atoms with Gasteiger partial charge in [-0.3, -0.25) is 9.80 Å². The van der Waals surface area contributed by atoms with Crippen LogP contribution < -0.4 is 9.64 Å². The normalized spacial score (nSPS) is 21.6. The van der Waals surface area contributed by atoms with E-state index in [0.29, 0.717) is 12.4 Å². The second kappa shape index (κ2) is 9.46. The summed E-state index contributed by atoms with van der Waals surface area (Å²) >= 11 is 0. The molecule has 2 aromatic carbocycles. The van der Waals surface area contributed by atoms with Crippen molar-refractivity contribution in [1.82, 2.24) is 15.1 Å². The Morgan fingerprint density at radius 3 is 2.50 bits per heavy atom. The van der Waals surface area contributed by atoms with E-state index < -0.39 is 0 Å². The minimum atomic E-state index is -0.321. The lowest BCUT2D eigenvalue weighted by molar-refractivity contribution is 0.0842. The summed E-state index contributed by atoms with van der Waals surface area (Å²) in [7, 11) is 1.65. The highest BCUT2D eigenvalue weighted by molar-refractivity contribution is 5.91. The standard InChI is InChI=1S/C26H30N4O4/c1-17-7-9-21(10-8-17)30-24(20-5-4-6-22(15-20)32-3)23(34-26(30)31)16-29-13-11-19(12-14-29)25-28-27-18(2)33-25/h4-10,15,19,23-24H,11-14,16H2,1-3H3/t23-,24-/m0/s1. The number of likely N-dealkylation sites (tertiary alicyclic amines) is 1. The van der Waals surface area contributed by atoms with Crippen molar-refractivity contribution in [3.05, 3.63) is 71.4 Å². The quantitative estimate of drug-likeness (QED) is 0.528. The first-order valence-corrected chi connectivity index (χ1v) is 11.7. The lowest BCUT2D eigenvalue weighted by Gasteiger charge is -2.33. The van der Waals surface area contributed by atoms with E-state index in [1.807, 2.05) is 62.4 Å². The summed E-state index contributed by atoms with van der Waals surface area (Å²) in [6.07, 6.45) is 1.25. The van der Waals surface area contributed by atoms with Gasteiger partial charge in [-0.05, 0) is 62.7 Å². The minimum Gasteiger partial charge on any atom is -0.497 e. The third kappa shape index (κ3) is 4.50. The van der Waals surface area contributed by atoms with Crippen LogP contribution in [0.15, 0.2) is 52.9 Å². The molecule has 0 radical (unpaired) electrons. The monoisotopic (exact) mass is 462 g/mol. The summed E-state index contributed by atoms with van der Waals surface area (Å²) in [5, 5.41) is 8.17. The predicted octanol–water partition coefficient (Wildman–Crippen LogP) is 4.64. The van der Waals surface area contributed by atoms with Crippen LogP contribution in [0.3, 0.4) is 0 Å². The fraction of sp³-hybridized carbons (Fsp3) is 0.423. The van der Waals surface area contributed by atoms with Crippen LogP contribution in [0.2, 0.25) is 0 Å². The largest absolute Gasteiger partial charge is 0.497 e. The van der Waals surface area contributed by atoms with Gasteiger partial charge < -0.3 is 13.9 Å². The molecule has 3 heterocycles. The van der Waals surface area contributed by atoms with Crippen LogP contribution in [0.4, 0.5) is 10.5 Å². The lowest BCUT2D eigenvalue weighted by Crippen LogP contribution is -2.41. The molecule has 1 aromatic heterocycles. The van der Waals surface area contributed by atoms with Crippen LogP contribution in [0.1, 0.15) is 47.7 Å². The number of carbonyl (C=O) groups is 1. The Kier molecular flexibility index (Phi) is 6.24. The van der Waals surface area contributed by atoms with Gasteiger partial charge in [0.1, 0.15) is 17.9 Å². The summed E-state index contributed by atoms with van der Waals surface area (Å²) in [4.78, 5) is 17.3. The smallest absolute Gasteiger partial charge is 0.415 e. The summed E-state index contributed by atoms with van der Waals surface area (Å²) < 4.78 is 17.1. The molecule has 34 heavy (non-hydrogen) atoms. The number of benzene rings is 2. The van der Waals surface area contributed by atoms with Crippen LogP contribution in [-0.4, -0.2) is 54.0 Å². The van der Waals surface area contributed by atoms with Gasteiger partial charge in [-0.25, -0.2) is 4.79 Å². The van der Waals surface area contributed by atoms with E-state index >= 15 is 0 Å². The molecule has 0 saturated carbocycles. The SMILES string of the molecule is COc1cccc([C@H]2[C@H](CN3CCC(c4nnc(C)o4)CC3)OC(=O)N2c2ccc(C)cc2)c1. The number of ether oxygens (including phenoxy) is 2. The molecule has 2 atom stereocenters. The van der Waals surface area contributed by atoms with E-state index in [0.717, 1.165) is 54.4 Å². The van der Waals surface area contributed by atoms with E-state index in [4.69, 9.17) is 13.9 Å². The maximum atomic E-state index is 13.1. The number of rotatable bonds is 6. The number of methoxy groups -OCH3 is 1. The molecule has 8 nitrogen and oxygen atoms in total. The molecule has 2 aliphatic rings. The number of amides is 1. The fourth-order valence-electron chi connectivity index (χ4n) is 4.92. The van der Waals surface area contributed by atoms with Gasteiger partial charge in [0.25, 0.3) is 0 Å². The highest BCUT2D eigenvalue weighted by Crippen LogP contribution is 2.39. The Morgan fingerprint density at radius 2 is 1.82 bits per heavy atom. The number of piperidine rings is 1. The average Bonchev–Trinajstić information content (AvgIpc) is 3.43. The van der Waals surface area contributed by atoms with Gasteiger partial charge in [0.2, 0.25) is 11.8 Å². The highest BCUT2D eigenvalue weighted by Gasteiger charge is 2.44. The zero-order valence-corrected chi connectivity index (χ0v) is 19.8. The molecule has 2 aliphatic heterocycles. The van der Waals surface area contributed by atoms with Crippen LogP contribution in [0.25, 0.3) is 0 Å². The Morgan fingerprint density at radius 1 is 1.06 bits per heavy atom. The van der Waals surface area contributed by atoms with Crippen molar-refractivity contribution in [2.75, 3.05) is 31.6 Å². The van der Waals surface area contributed by atoms with Gasteiger partial charge in [0.15, 0.2) is 0 Å². The average molecular weight is 463 g/mol. The van der Waals surface area contributed by atoms with Crippen LogP contribution in [-0.2, 0) is 4.74 Å². The maximum Gasteiger partial charge on any atom is 0.415 e. The first-order chi connectivity index (χ1) is 16.5. The van der Waals surface area contributed by atoms with E-state index in [1.165, 1.54) is 0 Å². The number of carbonyl (C=O) groups excluding carboxylic acids is 1. The number of aromatic nitrogens is 2. The summed E-state index contributed by atoms with van der Waals surface area (Å²) in [5.74, 6) is 2.37. The van der Waals surface area contributed by atoms with E-state index in [2.05, 4.69) is 15.1 Å². The van der Waals surface area contributed by atoms with Crippen LogP contribution in [0, 0.1) is 13.8 Å². The van der Waals surface area contributed by atoms with Gasteiger partial charge in [-0.1, -0.05) is 29.8 Å². The molecule has 1 amide bonds. The summed E-state index contributed by atoms with van der Waals surface area (Å²) in [5.41, 5.74) is 2.97. The third-order valence-corrected chi connectivity index (χ3v) is 6.74. The summed E-state index contributed by atoms with van der Waals surface area (Å²) in [6, 6.07) is 15.6. The molecule has 0 spiro atoms. The second-order valence-electron chi connectivity index (χ2n) is 9.08. The number of anilines is 1. The van der Waals surface area contributed by atoms with Crippen LogP contribution in [0.5, 0.6) is 5.75 Å². The number of nitrogens with zero attached hydrogens (tertiary/aromatic N) is 4. The van der Waals surface area contributed by atoms with Crippen molar-refractivity contribution in [2.45, 2.75) is 44.8 Å². The predicted molar refractivity (Wildman–Crippen MR) is 127 cm³/mol. The van der Waals surface area contributed by atoms with Gasteiger partial charge >= 0.3 is 6.09 Å². The molecular weight excluding hydrogens is 432 g/mol. The lowest BCUT2D eigenvalue weighted by atomic mass is 9.95. The van der Waals surface area contributed by atoms with Crippen molar-refractivity contribution in [3.63, 3.8) is 0 Å². The Bertz CT molecular complexity index is 1140. The molecule has 2 fully saturated rings. The first kappa shape index (κ1) is 22.4. The number of hydrogen-bond donors (Lipinski definition) is 0. The fourth-order valence-corrected chi connectivity index (χ4v) is 4.92. The highest BCUT2D eigenvalue weighted by atomic mass is 16.6. The molecule has 0 bridgehead atoms. The molecule has 178 valence electrons. The molecule has 3 aromatic rings. The van der Waals surface area contributed by atoms with E-state index in [9.17, 15) is 4.79 Å². The minimum absolute atomic E-state index is 0.249. The zero-order valence-electron chi connectivity index (χ0n) is 19.8. The molecule has 2 saturated heterocycles. The first-order valence-electron chi connectivity index (χ1n) is 11.7. The van der Waals surface area contributed by atoms with E-state index in [1.54, 1.807) is 12.0 Å². The molecule has 0 N–H and O–H groups in total. The Hall–Kier alpha value is -3.39. The molecule has 0 unspecified atom stereocenters. The molecule has 0 aliphatic carbocycles. The topological polar surface area (TPSA) is 80.9 Å². The van der Waals surface area contributed by atoms with E-state index in [-0.39, 0.29) is 24.2 Å². The molecule has 5 rings (SSSR count). The van der Waals surface area contributed by atoms with Crippen molar-refractivity contribution >= 4 is 11.8 Å². The van der Waals surface area contributed by atoms with Crippen LogP contribution >= 0.6 is 0 Å². The van der Waals surface area contributed by atoms with Gasteiger partial charge in [-0.2, -0.15) is 0 Å². The maximum absolute atomic E-state index is 13.1. The Labute approximate surface area is 199 Å². The summed E-state index contributed by atoms with van der Waals surface area (Å²) in [6.45, 7) is 6.28. The molecule has 8 heteroatoms.